The minimum atomic E-state index is -3.73. The van der Waals surface area contributed by atoms with Crippen LogP contribution in [0.5, 0.6) is 0 Å². The number of hydrogen-bond donors (Lipinski definition) is 2. The molecule has 4 nitrogen and oxygen atoms in total. The van der Waals surface area contributed by atoms with Gasteiger partial charge in [0.2, 0.25) is 10.0 Å². The van der Waals surface area contributed by atoms with Gasteiger partial charge in [0.05, 0.1) is 4.90 Å². The van der Waals surface area contributed by atoms with Crippen molar-refractivity contribution in [2.45, 2.75) is 37.0 Å². The summed E-state index contributed by atoms with van der Waals surface area (Å²) in [6.45, 7) is 6.08. The number of thioether (sulfide) groups is 1. The van der Waals surface area contributed by atoms with E-state index in [2.05, 4.69) is 10.0 Å². The third-order valence-corrected chi connectivity index (χ3v) is 6.04. The van der Waals surface area contributed by atoms with Crippen molar-refractivity contribution < 1.29 is 12.8 Å². The molecule has 0 aliphatic carbocycles. The Bertz CT molecular complexity index is 601. The molecule has 7 heteroatoms. The molecular formula is C14H23FN2O2S2. The van der Waals surface area contributed by atoms with Crippen LogP contribution in [0.25, 0.3) is 0 Å². The van der Waals surface area contributed by atoms with Gasteiger partial charge in [0, 0.05) is 23.4 Å². The molecule has 0 bridgehead atoms. The summed E-state index contributed by atoms with van der Waals surface area (Å²) < 4.78 is 41.1. The maximum Gasteiger partial charge on any atom is 0.240 e. The highest BCUT2D eigenvalue weighted by Gasteiger charge is 2.24. The SMILES string of the molecule is CNCc1cc(F)c(C)c(S(=O)(=O)NCC(C)(C)SC)c1. The number of benzene rings is 1. The van der Waals surface area contributed by atoms with Crippen molar-refractivity contribution in [1.82, 2.24) is 10.0 Å². The molecule has 1 aromatic carbocycles. The Labute approximate surface area is 131 Å². The van der Waals surface area contributed by atoms with Crippen molar-refractivity contribution in [3.63, 3.8) is 0 Å². The molecule has 0 heterocycles. The van der Waals surface area contributed by atoms with E-state index in [1.165, 1.54) is 19.1 Å². The zero-order valence-electron chi connectivity index (χ0n) is 13.1. The molecule has 0 saturated heterocycles. The highest BCUT2D eigenvalue weighted by Crippen LogP contribution is 2.23. The minimum Gasteiger partial charge on any atom is -0.316 e. The van der Waals surface area contributed by atoms with E-state index in [1.807, 2.05) is 20.1 Å². The smallest absolute Gasteiger partial charge is 0.240 e. The summed E-state index contributed by atoms with van der Waals surface area (Å²) in [5.74, 6) is -0.507. The van der Waals surface area contributed by atoms with Crippen molar-refractivity contribution in [2.75, 3.05) is 19.8 Å². The Morgan fingerprint density at radius 2 is 1.95 bits per heavy atom. The predicted octanol–water partition coefficient (Wildman–Crippen LogP) is 2.27. The monoisotopic (exact) mass is 334 g/mol. The minimum absolute atomic E-state index is 0.00431. The van der Waals surface area contributed by atoms with Gasteiger partial charge in [0.25, 0.3) is 0 Å². The molecule has 1 aromatic rings. The molecule has 0 fully saturated rings. The van der Waals surface area contributed by atoms with Crippen LogP contribution in [0, 0.1) is 12.7 Å². The quantitative estimate of drug-likeness (QED) is 0.803. The van der Waals surface area contributed by atoms with E-state index in [0.717, 1.165) is 0 Å². The highest BCUT2D eigenvalue weighted by molar-refractivity contribution is 8.00. The maximum absolute atomic E-state index is 13.9. The summed E-state index contributed by atoms with van der Waals surface area (Å²) in [4.78, 5) is 0.00431. The zero-order valence-corrected chi connectivity index (χ0v) is 14.7. The van der Waals surface area contributed by atoms with Crippen molar-refractivity contribution in [3.8, 4) is 0 Å². The van der Waals surface area contributed by atoms with E-state index in [-0.39, 0.29) is 21.8 Å². The molecule has 0 spiro atoms. The zero-order chi connectivity index (χ0) is 16.3. The van der Waals surface area contributed by atoms with Gasteiger partial charge in [-0.2, -0.15) is 11.8 Å². The van der Waals surface area contributed by atoms with Gasteiger partial charge < -0.3 is 5.32 Å². The second-order valence-electron chi connectivity index (χ2n) is 5.52. The summed E-state index contributed by atoms with van der Waals surface area (Å²) in [5.41, 5.74) is 0.745. The van der Waals surface area contributed by atoms with Gasteiger partial charge in [-0.15, -0.1) is 0 Å². The van der Waals surface area contributed by atoms with E-state index in [4.69, 9.17) is 0 Å². The lowest BCUT2D eigenvalue weighted by atomic mass is 10.1. The Balaban J connectivity index is 3.13. The van der Waals surface area contributed by atoms with E-state index in [0.29, 0.717) is 12.1 Å². The second-order valence-corrected chi connectivity index (χ2v) is 8.77. The first kappa shape index (κ1) is 18.4. The number of rotatable bonds is 7. The molecular weight excluding hydrogens is 311 g/mol. The lowest BCUT2D eigenvalue weighted by Gasteiger charge is -2.22. The van der Waals surface area contributed by atoms with Gasteiger partial charge in [-0.3, -0.25) is 0 Å². The van der Waals surface area contributed by atoms with Crippen LogP contribution in [0.4, 0.5) is 4.39 Å². The number of sulfonamides is 1. The van der Waals surface area contributed by atoms with Gasteiger partial charge in [-0.05, 0) is 51.8 Å². The fourth-order valence-corrected chi connectivity index (χ4v) is 3.53. The largest absolute Gasteiger partial charge is 0.316 e. The highest BCUT2D eigenvalue weighted by atomic mass is 32.2. The fraction of sp³-hybridized carbons (Fsp3) is 0.571. The van der Waals surface area contributed by atoms with Crippen LogP contribution >= 0.6 is 11.8 Å². The van der Waals surface area contributed by atoms with E-state index >= 15 is 0 Å². The molecule has 0 saturated carbocycles. The lowest BCUT2D eigenvalue weighted by Crippen LogP contribution is -2.36. The topological polar surface area (TPSA) is 58.2 Å². The van der Waals surface area contributed by atoms with Gasteiger partial charge >= 0.3 is 0 Å². The summed E-state index contributed by atoms with van der Waals surface area (Å²) in [6, 6.07) is 2.88. The van der Waals surface area contributed by atoms with Crippen LogP contribution in [0.15, 0.2) is 17.0 Å². The lowest BCUT2D eigenvalue weighted by molar-refractivity contribution is 0.564. The summed E-state index contributed by atoms with van der Waals surface area (Å²) in [5, 5.41) is 2.89. The van der Waals surface area contributed by atoms with Crippen LogP contribution in [-0.2, 0) is 16.6 Å². The Morgan fingerprint density at radius 1 is 1.33 bits per heavy atom. The second kappa shape index (κ2) is 7.09. The van der Waals surface area contributed by atoms with Crippen molar-refractivity contribution in [1.29, 1.82) is 0 Å². The molecule has 0 aromatic heterocycles. The van der Waals surface area contributed by atoms with Crippen LogP contribution in [0.3, 0.4) is 0 Å². The van der Waals surface area contributed by atoms with E-state index < -0.39 is 15.8 Å². The molecule has 0 atom stereocenters. The molecule has 0 radical (unpaired) electrons. The molecule has 21 heavy (non-hydrogen) atoms. The number of halogens is 1. The summed E-state index contributed by atoms with van der Waals surface area (Å²) in [6.07, 6.45) is 1.92. The molecule has 1 rings (SSSR count). The maximum atomic E-state index is 13.9. The van der Waals surface area contributed by atoms with Crippen LogP contribution < -0.4 is 10.0 Å². The Morgan fingerprint density at radius 3 is 2.48 bits per heavy atom. The molecule has 0 aliphatic heterocycles. The van der Waals surface area contributed by atoms with E-state index in [1.54, 1.807) is 18.8 Å². The number of nitrogens with one attached hydrogen (secondary N) is 2. The molecule has 0 amide bonds. The fourth-order valence-electron chi connectivity index (χ4n) is 1.71. The van der Waals surface area contributed by atoms with Gasteiger partial charge in [0.1, 0.15) is 5.82 Å². The number of hydrogen-bond acceptors (Lipinski definition) is 4. The van der Waals surface area contributed by atoms with Crippen molar-refractivity contribution in [3.05, 3.63) is 29.1 Å². The first-order chi connectivity index (χ1) is 9.63. The van der Waals surface area contributed by atoms with Crippen molar-refractivity contribution in [2.24, 2.45) is 0 Å². The normalized spacial score (nSPS) is 12.7. The van der Waals surface area contributed by atoms with Crippen LogP contribution in [-0.4, -0.2) is 33.0 Å². The van der Waals surface area contributed by atoms with Crippen molar-refractivity contribution >= 4 is 21.8 Å². The first-order valence-electron chi connectivity index (χ1n) is 6.61. The molecule has 0 aliphatic rings. The summed E-state index contributed by atoms with van der Waals surface area (Å²) >= 11 is 1.57. The summed E-state index contributed by atoms with van der Waals surface area (Å²) in [7, 11) is -2.00. The van der Waals surface area contributed by atoms with Crippen LogP contribution in [0.2, 0.25) is 0 Å². The first-order valence-corrected chi connectivity index (χ1v) is 9.32. The standard InChI is InChI=1S/C14H23FN2O2S2/c1-10-12(15)6-11(8-16-4)7-13(10)21(18,19)17-9-14(2,3)20-5/h6-7,16-17H,8-9H2,1-5H3. The Hall–Kier alpha value is -0.630. The van der Waals surface area contributed by atoms with Gasteiger partial charge in [-0.1, -0.05) is 0 Å². The molecule has 2 N–H and O–H groups in total. The van der Waals surface area contributed by atoms with Gasteiger partial charge in [-0.25, -0.2) is 17.5 Å². The predicted molar refractivity (Wildman–Crippen MR) is 86.7 cm³/mol. The molecule has 120 valence electrons. The Kier molecular flexibility index (Phi) is 6.22. The van der Waals surface area contributed by atoms with E-state index in [9.17, 15) is 12.8 Å². The molecule has 0 unspecified atom stereocenters. The van der Waals surface area contributed by atoms with Gasteiger partial charge in [0.15, 0.2) is 0 Å². The average Bonchev–Trinajstić information content (AvgIpc) is 2.41. The van der Waals surface area contributed by atoms with Crippen LogP contribution in [0.1, 0.15) is 25.0 Å². The third kappa shape index (κ3) is 4.95. The average molecular weight is 334 g/mol. The third-order valence-electron chi connectivity index (χ3n) is 3.27.